The highest BCUT2D eigenvalue weighted by Crippen LogP contribution is 2.56. The molecule has 0 saturated carbocycles. The SMILES string of the molecule is CC1(C)c2ccccc2-c2cc(N(c3cc(-n4c5ccccc5c5ccccc54)ccc3-c3ccccc3)c3cccc4c3-c3ccccc3C4(C)C)ccc21. The van der Waals surface area contributed by atoms with E-state index in [1.54, 1.807) is 0 Å². The molecule has 1 aromatic heterocycles. The Morgan fingerprint density at radius 1 is 0.393 bits per heavy atom. The van der Waals surface area contributed by atoms with Gasteiger partial charge >= 0.3 is 0 Å². The van der Waals surface area contributed by atoms with Crippen molar-refractivity contribution in [2.24, 2.45) is 0 Å². The van der Waals surface area contributed by atoms with Gasteiger partial charge in [0.2, 0.25) is 0 Å². The third-order valence-electron chi connectivity index (χ3n) is 12.8. The smallest absolute Gasteiger partial charge is 0.0561 e. The fourth-order valence-electron chi connectivity index (χ4n) is 10.1. The Balaban J connectivity index is 1.25. The lowest BCUT2D eigenvalue weighted by molar-refractivity contribution is 0.660. The number of anilines is 3. The van der Waals surface area contributed by atoms with Crippen LogP contribution in [0.25, 0.3) is 60.9 Å². The highest BCUT2D eigenvalue weighted by Gasteiger charge is 2.39. The van der Waals surface area contributed by atoms with Crippen LogP contribution in [0.5, 0.6) is 0 Å². The molecule has 1 heterocycles. The van der Waals surface area contributed by atoms with E-state index in [1.165, 1.54) is 83.1 Å². The minimum atomic E-state index is -0.137. The zero-order valence-electron chi connectivity index (χ0n) is 32.2. The Hall–Kier alpha value is -6.64. The standard InChI is InChI=1S/C54H42N2/c1-53(2)44-23-12-8-19-39(44)43-33-36(30-32-46(43)53)56(50-28-16-25-47-52(50)42-22-9-13-24-45(42)54(47,3)4)51-34-37(29-31-38(51)35-17-6-5-7-18-35)55-48-26-14-10-20-40(48)41-21-11-15-27-49(41)55/h5-34H,1-4H3. The summed E-state index contributed by atoms with van der Waals surface area (Å²) in [5.41, 5.74) is 19.8. The summed E-state index contributed by atoms with van der Waals surface area (Å²) < 4.78 is 2.44. The number of rotatable bonds is 5. The summed E-state index contributed by atoms with van der Waals surface area (Å²) in [7, 11) is 0. The van der Waals surface area contributed by atoms with Crippen molar-refractivity contribution in [3.8, 4) is 39.1 Å². The van der Waals surface area contributed by atoms with Gasteiger partial charge in [0.25, 0.3) is 0 Å². The molecule has 56 heavy (non-hydrogen) atoms. The third-order valence-corrected chi connectivity index (χ3v) is 12.8. The molecule has 2 nitrogen and oxygen atoms in total. The van der Waals surface area contributed by atoms with Crippen molar-refractivity contribution in [3.05, 3.63) is 204 Å². The van der Waals surface area contributed by atoms with Crippen LogP contribution >= 0.6 is 0 Å². The first-order valence-corrected chi connectivity index (χ1v) is 19.8. The van der Waals surface area contributed by atoms with Crippen LogP contribution in [0.15, 0.2) is 182 Å². The molecular weight excluding hydrogens is 677 g/mol. The lowest BCUT2D eigenvalue weighted by atomic mass is 9.82. The second-order valence-electron chi connectivity index (χ2n) is 16.5. The molecule has 0 radical (unpaired) electrons. The van der Waals surface area contributed by atoms with Crippen molar-refractivity contribution in [2.75, 3.05) is 4.90 Å². The fraction of sp³-hybridized carbons (Fsp3) is 0.111. The molecule has 0 bridgehead atoms. The van der Waals surface area contributed by atoms with Gasteiger partial charge in [-0.1, -0.05) is 167 Å². The second kappa shape index (κ2) is 11.9. The summed E-state index contributed by atoms with van der Waals surface area (Å²) in [6.45, 7) is 9.47. The molecule has 0 atom stereocenters. The summed E-state index contributed by atoms with van der Waals surface area (Å²) >= 11 is 0. The van der Waals surface area contributed by atoms with E-state index in [1.807, 2.05) is 0 Å². The zero-order valence-corrected chi connectivity index (χ0v) is 32.2. The van der Waals surface area contributed by atoms with Gasteiger partial charge in [0.15, 0.2) is 0 Å². The number of aromatic nitrogens is 1. The lowest BCUT2D eigenvalue weighted by Crippen LogP contribution is -2.17. The Morgan fingerprint density at radius 2 is 0.964 bits per heavy atom. The van der Waals surface area contributed by atoms with Crippen LogP contribution in [0.2, 0.25) is 0 Å². The molecule has 0 aliphatic heterocycles. The van der Waals surface area contributed by atoms with E-state index in [4.69, 9.17) is 0 Å². The van der Waals surface area contributed by atoms with E-state index in [-0.39, 0.29) is 10.8 Å². The van der Waals surface area contributed by atoms with Crippen LogP contribution < -0.4 is 4.90 Å². The molecule has 0 saturated heterocycles. The number of para-hydroxylation sites is 2. The van der Waals surface area contributed by atoms with Crippen LogP contribution in [0.1, 0.15) is 49.9 Å². The molecular formula is C54H42N2. The Labute approximate surface area is 328 Å². The van der Waals surface area contributed by atoms with Crippen LogP contribution in [-0.4, -0.2) is 4.57 Å². The summed E-state index contributed by atoms with van der Waals surface area (Å²) in [4.78, 5) is 2.56. The quantitative estimate of drug-likeness (QED) is 0.172. The van der Waals surface area contributed by atoms with Gasteiger partial charge in [-0.2, -0.15) is 0 Å². The average molecular weight is 719 g/mol. The van der Waals surface area contributed by atoms with Gasteiger partial charge in [-0.25, -0.2) is 0 Å². The molecule has 0 amide bonds. The van der Waals surface area contributed by atoms with Gasteiger partial charge in [0.05, 0.1) is 22.4 Å². The average Bonchev–Trinajstić information content (AvgIpc) is 3.79. The van der Waals surface area contributed by atoms with Crippen LogP contribution in [0.3, 0.4) is 0 Å². The topological polar surface area (TPSA) is 8.17 Å². The molecule has 0 fully saturated rings. The molecule has 2 aliphatic carbocycles. The minimum absolute atomic E-state index is 0.0854. The van der Waals surface area contributed by atoms with Crippen LogP contribution in [0, 0.1) is 0 Å². The first-order valence-electron chi connectivity index (χ1n) is 19.8. The molecule has 8 aromatic carbocycles. The summed E-state index contributed by atoms with van der Waals surface area (Å²) in [6, 6.07) is 67.7. The van der Waals surface area contributed by atoms with E-state index in [0.29, 0.717) is 0 Å². The largest absolute Gasteiger partial charge is 0.309 e. The highest BCUT2D eigenvalue weighted by atomic mass is 15.2. The molecule has 0 unspecified atom stereocenters. The van der Waals surface area contributed by atoms with Crippen molar-refractivity contribution in [2.45, 2.75) is 38.5 Å². The Bertz CT molecular complexity index is 2980. The first-order chi connectivity index (χ1) is 27.3. The fourth-order valence-corrected chi connectivity index (χ4v) is 10.1. The molecule has 2 heteroatoms. The molecule has 268 valence electrons. The first kappa shape index (κ1) is 32.8. The maximum Gasteiger partial charge on any atom is 0.0561 e. The van der Waals surface area contributed by atoms with Crippen molar-refractivity contribution in [1.82, 2.24) is 4.57 Å². The molecule has 0 spiro atoms. The van der Waals surface area contributed by atoms with E-state index in [0.717, 1.165) is 17.1 Å². The van der Waals surface area contributed by atoms with Gasteiger partial charge in [-0.3, -0.25) is 0 Å². The summed E-state index contributed by atoms with van der Waals surface area (Å²) in [5.74, 6) is 0. The van der Waals surface area contributed by atoms with E-state index in [2.05, 4.69) is 219 Å². The van der Waals surface area contributed by atoms with Gasteiger partial charge in [-0.15, -0.1) is 0 Å². The van der Waals surface area contributed by atoms with Gasteiger partial charge in [-0.05, 0) is 87.0 Å². The van der Waals surface area contributed by atoms with Gasteiger partial charge < -0.3 is 9.47 Å². The van der Waals surface area contributed by atoms with Crippen LogP contribution in [-0.2, 0) is 10.8 Å². The van der Waals surface area contributed by atoms with E-state index < -0.39 is 0 Å². The van der Waals surface area contributed by atoms with Crippen molar-refractivity contribution in [1.29, 1.82) is 0 Å². The normalized spacial score (nSPS) is 14.4. The maximum atomic E-state index is 2.56. The van der Waals surface area contributed by atoms with Gasteiger partial charge in [0.1, 0.15) is 0 Å². The summed E-state index contributed by atoms with van der Waals surface area (Å²) in [6.07, 6.45) is 0. The number of fused-ring (bicyclic) bond motifs is 9. The Kier molecular flexibility index (Phi) is 6.98. The number of benzene rings is 8. The molecule has 11 rings (SSSR count). The minimum Gasteiger partial charge on any atom is -0.309 e. The third kappa shape index (κ3) is 4.56. The molecule has 2 aliphatic rings. The predicted molar refractivity (Wildman–Crippen MR) is 236 cm³/mol. The van der Waals surface area contributed by atoms with Gasteiger partial charge in [0, 0.05) is 44.1 Å². The number of nitrogens with zero attached hydrogens (tertiary/aromatic N) is 2. The zero-order chi connectivity index (χ0) is 37.8. The number of hydrogen-bond donors (Lipinski definition) is 0. The van der Waals surface area contributed by atoms with E-state index >= 15 is 0 Å². The Morgan fingerprint density at radius 3 is 1.70 bits per heavy atom. The second-order valence-corrected chi connectivity index (χ2v) is 16.5. The van der Waals surface area contributed by atoms with Crippen molar-refractivity contribution in [3.63, 3.8) is 0 Å². The van der Waals surface area contributed by atoms with E-state index in [9.17, 15) is 0 Å². The molecule has 0 N–H and O–H groups in total. The lowest BCUT2D eigenvalue weighted by Gasteiger charge is -2.32. The maximum absolute atomic E-state index is 2.56. The monoisotopic (exact) mass is 718 g/mol. The van der Waals surface area contributed by atoms with Crippen LogP contribution in [0.4, 0.5) is 17.1 Å². The summed E-state index contributed by atoms with van der Waals surface area (Å²) in [5, 5.41) is 2.52. The number of hydrogen-bond acceptors (Lipinski definition) is 1. The van der Waals surface area contributed by atoms with Crippen molar-refractivity contribution < 1.29 is 0 Å². The molecule has 9 aromatic rings. The predicted octanol–water partition coefficient (Wildman–Crippen LogP) is 14.5. The highest BCUT2D eigenvalue weighted by molar-refractivity contribution is 6.09. The van der Waals surface area contributed by atoms with Crippen molar-refractivity contribution >= 4 is 38.9 Å².